The topological polar surface area (TPSA) is 0 Å². The zero-order valence-corrected chi connectivity index (χ0v) is 10.9. The Balaban J connectivity index is 2.28. The summed E-state index contributed by atoms with van der Waals surface area (Å²) in [5, 5.41) is 0.989. The Morgan fingerprint density at radius 2 is 2.07 bits per heavy atom. The SMILES string of the molecule is CCCSC1CCC[C@@H]([C@H](C)CC)C1. The summed E-state index contributed by atoms with van der Waals surface area (Å²) in [5.74, 6) is 3.36. The number of rotatable bonds is 5. The second-order valence-electron chi connectivity index (χ2n) is 4.81. The molecule has 1 rings (SSSR count). The van der Waals surface area contributed by atoms with Crippen molar-refractivity contribution in [1.82, 2.24) is 0 Å². The average Bonchev–Trinajstić information content (AvgIpc) is 2.25. The summed E-state index contributed by atoms with van der Waals surface area (Å²) in [4.78, 5) is 0. The summed E-state index contributed by atoms with van der Waals surface area (Å²) < 4.78 is 0. The molecule has 0 saturated heterocycles. The summed E-state index contributed by atoms with van der Waals surface area (Å²) in [5.41, 5.74) is 0. The van der Waals surface area contributed by atoms with Crippen molar-refractivity contribution in [3.05, 3.63) is 0 Å². The highest BCUT2D eigenvalue weighted by Crippen LogP contribution is 2.36. The molecule has 0 aromatic heterocycles. The fourth-order valence-corrected chi connectivity index (χ4v) is 3.75. The van der Waals surface area contributed by atoms with Gasteiger partial charge in [0.15, 0.2) is 0 Å². The monoisotopic (exact) mass is 214 g/mol. The molecule has 1 unspecified atom stereocenters. The van der Waals surface area contributed by atoms with Crippen LogP contribution in [0.25, 0.3) is 0 Å². The molecule has 1 aliphatic rings. The first kappa shape index (κ1) is 12.4. The maximum atomic E-state index is 2.44. The van der Waals surface area contributed by atoms with E-state index in [9.17, 15) is 0 Å². The van der Waals surface area contributed by atoms with E-state index in [1.54, 1.807) is 0 Å². The van der Waals surface area contributed by atoms with E-state index < -0.39 is 0 Å². The third-order valence-corrected chi connectivity index (χ3v) is 5.22. The molecule has 1 fully saturated rings. The van der Waals surface area contributed by atoms with Crippen LogP contribution in [0.2, 0.25) is 0 Å². The van der Waals surface area contributed by atoms with Gasteiger partial charge in [-0.15, -0.1) is 0 Å². The molecule has 0 bridgehead atoms. The van der Waals surface area contributed by atoms with Gasteiger partial charge in [0.05, 0.1) is 0 Å². The van der Waals surface area contributed by atoms with Crippen molar-refractivity contribution in [2.45, 2.75) is 64.5 Å². The predicted octanol–water partition coefficient (Wildman–Crippen LogP) is 4.73. The van der Waals surface area contributed by atoms with Gasteiger partial charge in [-0.1, -0.05) is 40.0 Å². The summed E-state index contributed by atoms with van der Waals surface area (Å²) in [6.07, 6.45) is 8.68. The van der Waals surface area contributed by atoms with Crippen LogP contribution >= 0.6 is 11.8 Å². The first-order chi connectivity index (χ1) is 6.77. The largest absolute Gasteiger partial charge is 0.159 e. The van der Waals surface area contributed by atoms with Gasteiger partial charge in [0.25, 0.3) is 0 Å². The average molecular weight is 214 g/mol. The van der Waals surface area contributed by atoms with E-state index >= 15 is 0 Å². The molecule has 0 heterocycles. The Kier molecular flexibility index (Phi) is 6.00. The third-order valence-electron chi connectivity index (χ3n) is 3.67. The minimum absolute atomic E-state index is 0.958. The van der Waals surface area contributed by atoms with Crippen LogP contribution in [0.3, 0.4) is 0 Å². The molecule has 3 atom stereocenters. The Hall–Kier alpha value is 0.350. The zero-order chi connectivity index (χ0) is 10.4. The molecule has 1 heteroatoms. The van der Waals surface area contributed by atoms with E-state index in [1.165, 1.54) is 44.3 Å². The molecule has 0 aliphatic heterocycles. The van der Waals surface area contributed by atoms with E-state index in [-0.39, 0.29) is 0 Å². The van der Waals surface area contributed by atoms with Gasteiger partial charge in [-0.3, -0.25) is 0 Å². The first-order valence-electron chi connectivity index (χ1n) is 6.39. The van der Waals surface area contributed by atoms with Gasteiger partial charge in [0.1, 0.15) is 0 Å². The summed E-state index contributed by atoms with van der Waals surface area (Å²) in [7, 11) is 0. The fraction of sp³-hybridized carbons (Fsp3) is 1.00. The van der Waals surface area contributed by atoms with Crippen molar-refractivity contribution in [1.29, 1.82) is 0 Å². The van der Waals surface area contributed by atoms with Crippen LogP contribution in [0.5, 0.6) is 0 Å². The summed E-state index contributed by atoms with van der Waals surface area (Å²) in [6.45, 7) is 7.08. The van der Waals surface area contributed by atoms with Crippen LogP contribution in [-0.2, 0) is 0 Å². The zero-order valence-electron chi connectivity index (χ0n) is 10.1. The van der Waals surface area contributed by atoms with Gasteiger partial charge < -0.3 is 0 Å². The normalized spacial score (nSPS) is 30.2. The standard InChI is InChI=1S/C13H26S/c1-4-9-14-13-8-6-7-12(10-13)11(3)5-2/h11-13H,4-10H2,1-3H3/t11-,12-,13?/m1/s1. The lowest BCUT2D eigenvalue weighted by Crippen LogP contribution is -2.22. The van der Waals surface area contributed by atoms with Crippen LogP contribution in [-0.4, -0.2) is 11.0 Å². The van der Waals surface area contributed by atoms with Crippen LogP contribution < -0.4 is 0 Å². The van der Waals surface area contributed by atoms with Gasteiger partial charge in [-0.2, -0.15) is 11.8 Å². The van der Waals surface area contributed by atoms with Crippen molar-refractivity contribution < 1.29 is 0 Å². The Labute approximate surface area is 94.2 Å². The molecule has 0 nitrogen and oxygen atoms in total. The lowest BCUT2D eigenvalue weighted by atomic mass is 9.79. The van der Waals surface area contributed by atoms with E-state index in [0.29, 0.717) is 0 Å². The van der Waals surface area contributed by atoms with E-state index in [1.807, 2.05) is 0 Å². The summed E-state index contributed by atoms with van der Waals surface area (Å²) in [6, 6.07) is 0. The molecule has 1 aliphatic carbocycles. The van der Waals surface area contributed by atoms with Crippen molar-refractivity contribution in [3.63, 3.8) is 0 Å². The number of hydrogen-bond donors (Lipinski definition) is 0. The summed E-state index contributed by atoms with van der Waals surface area (Å²) >= 11 is 2.23. The molecule has 0 N–H and O–H groups in total. The molecule has 14 heavy (non-hydrogen) atoms. The van der Waals surface area contributed by atoms with Gasteiger partial charge in [0, 0.05) is 5.25 Å². The fourth-order valence-electron chi connectivity index (χ4n) is 2.47. The molecular formula is C13H26S. The van der Waals surface area contributed by atoms with Crippen LogP contribution in [0.4, 0.5) is 0 Å². The lowest BCUT2D eigenvalue weighted by molar-refractivity contribution is 0.263. The van der Waals surface area contributed by atoms with Gasteiger partial charge >= 0.3 is 0 Å². The second kappa shape index (κ2) is 6.76. The highest BCUT2D eigenvalue weighted by atomic mass is 32.2. The predicted molar refractivity (Wildman–Crippen MR) is 68.0 cm³/mol. The van der Waals surface area contributed by atoms with Gasteiger partial charge in [0.2, 0.25) is 0 Å². The van der Waals surface area contributed by atoms with Crippen molar-refractivity contribution in [2.24, 2.45) is 11.8 Å². The highest BCUT2D eigenvalue weighted by molar-refractivity contribution is 7.99. The van der Waals surface area contributed by atoms with Crippen molar-refractivity contribution in [2.75, 3.05) is 5.75 Å². The van der Waals surface area contributed by atoms with Gasteiger partial charge in [-0.25, -0.2) is 0 Å². The molecule has 1 saturated carbocycles. The molecule has 0 spiro atoms. The first-order valence-corrected chi connectivity index (χ1v) is 7.44. The maximum absolute atomic E-state index is 2.44. The van der Waals surface area contributed by atoms with E-state index in [4.69, 9.17) is 0 Å². The van der Waals surface area contributed by atoms with Crippen LogP contribution in [0, 0.1) is 11.8 Å². The minimum Gasteiger partial charge on any atom is -0.159 e. The minimum atomic E-state index is 0.958. The second-order valence-corrected chi connectivity index (χ2v) is 6.21. The molecular weight excluding hydrogens is 188 g/mol. The van der Waals surface area contributed by atoms with E-state index in [2.05, 4.69) is 32.5 Å². The van der Waals surface area contributed by atoms with Crippen molar-refractivity contribution in [3.8, 4) is 0 Å². The molecule has 0 amide bonds. The number of hydrogen-bond acceptors (Lipinski definition) is 1. The third kappa shape index (κ3) is 3.84. The van der Waals surface area contributed by atoms with Crippen LogP contribution in [0.15, 0.2) is 0 Å². The van der Waals surface area contributed by atoms with Crippen molar-refractivity contribution >= 4 is 11.8 Å². The molecule has 0 aromatic carbocycles. The van der Waals surface area contributed by atoms with Crippen LogP contribution in [0.1, 0.15) is 59.3 Å². The Morgan fingerprint density at radius 3 is 2.71 bits per heavy atom. The maximum Gasteiger partial charge on any atom is 0.00497 e. The highest BCUT2D eigenvalue weighted by Gasteiger charge is 2.24. The molecule has 84 valence electrons. The smallest absolute Gasteiger partial charge is 0.00497 e. The Bertz CT molecular complexity index is 144. The molecule has 0 aromatic rings. The molecule has 0 radical (unpaired) electrons. The lowest BCUT2D eigenvalue weighted by Gasteiger charge is -2.32. The van der Waals surface area contributed by atoms with Gasteiger partial charge in [-0.05, 0) is 36.9 Å². The quantitative estimate of drug-likeness (QED) is 0.637. The number of thioether (sulfide) groups is 1. The Morgan fingerprint density at radius 1 is 1.29 bits per heavy atom. The van der Waals surface area contributed by atoms with E-state index in [0.717, 1.165) is 17.1 Å².